The molecule has 1 saturated carbocycles. The Labute approximate surface area is 102 Å². The molecule has 1 amide bonds. The Kier molecular flexibility index (Phi) is 4.63. The normalized spacial score (nSPS) is 19.5. The molecular weight excluding hydrogens is 254 g/mol. The number of halogens is 1. The first kappa shape index (κ1) is 13.0. The molecule has 0 atom stereocenters. The van der Waals surface area contributed by atoms with E-state index in [0.717, 1.165) is 24.7 Å². The highest BCUT2D eigenvalue weighted by atomic mass is 79.9. The fourth-order valence-corrected chi connectivity index (χ4v) is 2.78. The van der Waals surface area contributed by atoms with Gasteiger partial charge in [-0.05, 0) is 26.7 Å². The third kappa shape index (κ3) is 2.96. The summed E-state index contributed by atoms with van der Waals surface area (Å²) in [5.74, 6) is 0.356. The van der Waals surface area contributed by atoms with Crippen molar-refractivity contribution in [3.05, 3.63) is 0 Å². The number of carbonyl (C=O) groups excluding carboxylic acids is 1. The number of hydrogen-bond acceptors (Lipinski definition) is 1. The Morgan fingerprint density at radius 2 is 1.93 bits per heavy atom. The zero-order chi connectivity index (χ0) is 11.5. The second-order valence-electron chi connectivity index (χ2n) is 5.05. The van der Waals surface area contributed by atoms with Gasteiger partial charge in [-0.25, -0.2) is 0 Å². The lowest BCUT2D eigenvalue weighted by molar-refractivity contribution is -0.142. The van der Waals surface area contributed by atoms with E-state index >= 15 is 0 Å². The molecule has 88 valence electrons. The van der Waals surface area contributed by atoms with Gasteiger partial charge in [0.05, 0.1) is 0 Å². The van der Waals surface area contributed by atoms with Gasteiger partial charge in [-0.3, -0.25) is 4.79 Å². The van der Waals surface area contributed by atoms with Crippen LogP contribution in [0.4, 0.5) is 0 Å². The van der Waals surface area contributed by atoms with Crippen molar-refractivity contribution in [3.8, 4) is 0 Å². The largest absolute Gasteiger partial charge is 0.339 e. The van der Waals surface area contributed by atoms with E-state index in [1.54, 1.807) is 0 Å². The van der Waals surface area contributed by atoms with Crippen LogP contribution in [0, 0.1) is 5.41 Å². The highest BCUT2D eigenvalue weighted by Gasteiger charge is 2.39. The van der Waals surface area contributed by atoms with Gasteiger partial charge in [0.2, 0.25) is 5.91 Å². The minimum atomic E-state index is -0.0769. The summed E-state index contributed by atoms with van der Waals surface area (Å²) in [6.45, 7) is 7.15. The average molecular weight is 276 g/mol. The molecule has 0 aromatic heterocycles. The fraction of sp³-hybridized carbons (Fsp3) is 0.917. The van der Waals surface area contributed by atoms with E-state index in [-0.39, 0.29) is 5.41 Å². The molecule has 0 heterocycles. The molecule has 0 saturated heterocycles. The fourth-order valence-electron chi connectivity index (χ4n) is 2.40. The standard InChI is InChI=1S/C12H22BrNO/c1-10(2)14(9-8-13)11(15)12(3)6-4-5-7-12/h10H,4-9H2,1-3H3. The number of amides is 1. The van der Waals surface area contributed by atoms with Crippen LogP contribution < -0.4 is 0 Å². The molecule has 15 heavy (non-hydrogen) atoms. The van der Waals surface area contributed by atoms with E-state index in [1.165, 1.54) is 12.8 Å². The van der Waals surface area contributed by atoms with E-state index < -0.39 is 0 Å². The lowest BCUT2D eigenvalue weighted by atomic mass is 9.86. The third-order valence-corrected chi connectivity index (χ3v) is 3.79. The maximum atomic E-state index is 12.4. The predicted molar refractivity (Wildman–Crippen MR) is 67.2 cm³/mol. The Morgan fingerprint density at radius 1 is 1.40 bits per heavy atom. The quantitative estimate of drug-likeness (QED) is 0.722. The minimum absolute atomic E-state index is 0.0769. The first-order chi connectivity index (χ1) is 7.01. The minimum Gasteiger partial charge on any atom is -0.339 e. The Balaban J connectivity index is 2.70. The van der Waals surface area contributed by atoms with E-state index in [9.17, 15) is 4.79 Å². The van der Waals surface area contributed by atoms with Gasteiger partial charge in [0.1, 0.15) is 0 Å². The summed E-state index contributed by atoms with van der Waals surface area (Å²) >= 11 is 3.42. The number of carbonyl (C=O) groups is 1. The molecule has 0 radical (unpaired) electrons. The average Bonchev–Trinajstić information content (AvgIpc) is 2.61. The molecule has 3 heteroatoms. The lowest BCUT2D eigenvalue weighted by Gasteiger charge is -2.34. The highest BCUT2D eigenvalue weighted by Crippen LogP contribution is 2.39. The van der Waals surface area contributed by atoms with E-state index in [0.29, 0.717) is 11.9 Å². The van der Waals surface area contributed by atoms with Gasteiger partial charge in [-0.15, -0.1) is 0 Å². The summed E-state index contributed by atoms with van der Waals surface area (Å²) in [4.78, 5) is 14.4. The Bertz CT molecular complexity index is 222. The molecule has 1 rings (SSSR count). The van der Waals surface area contributed by atoms with Crippen molar-refractivity contribution in [3.63, 3.8) is 0 Å². The van der Waals surface area contributed by atoms with Crippen molar-refractivity contribution in [1.82, 2.24) is 4.90 Å². The smallest absolute Gasteiger partial charge is 0.228 e. The summed E-state index contributed by atoms with van der Waals surface area (Å²) in [7, 11) is 0. The van der Waals surface area contributed by atoms with Crippen molar-refractivity contribution in [2.45, 2.75) is 52.5 Å². The molecular formula is C12H22BrNO. The van der Waals surface area contributed by atoms with E-state index in [4.69, 9.17) is 0 Å². The van der Waals surface area contributed by atoms with Crippen LogP contribution in [0.5, 0.6) is 0 Å². The van der Waals surface area contributed by atoms with Crippen LogP contribution in [0.15, 0.2) is 0 Å². The molecule has 0 bridgehead atoms. The predicted octanol–water partition coefficient (Wildman–Crippen LogP) is 3.20. The van der Waals surface area contributed by atoms with Crippen molar-refractivity contribution < 1.29 is 4.79 Å². The van der Waals surface area contributed by atoms with Gasteiger partial charge in [-0.2, -0.15) is 0 Å². The van der Waals surface area contributed by atoms with Crippen molar-refractivity contribution in [2.75, 3.05) is 11.9 Å². The Morgan fingerprint density at radius 3 is 2.33 bits per heavy atom. The summed E-state index contributed by atoms with van der Waals surface area (Å²) < 4.78 is 0. The molecule has 0 unspecified atom stereocenters. The van der Waals surface area contributed by atoms with Gasteiger partial charge in [0.25, 0.3) is 0 Å². The van der Waals surface area contributed by atoms with Gasteiger partial charge in [-0.1, -0.05) is 35.7 Å². The molecule has 1 aliphatic rings. The zero-order valence-electron chi connectivity index (χ0n) is 10.1. The van der Waals surface area contributed by atoms with Crippen LogP contribution in [-0.2, 0) is 4.79 Å². The van der Waals surface area contributed by atoms with Crippen molar-refractivity contribution in [1.29, 1.82) is 0 Å². The molecule has 0 aromatic carbocycles. The monoisotopic (exact) mass is 275 g/mol. The van der Waals surface area contributed by atoms with Crippen LogP contribution in [0.25, 0.3) is 0 Å². The SMILES string of the molecule is CC(C)N(CCBr)C(=O)C1(C)CCCC1. The number of nitrogens with zero attached hydrogens (tertiary/aromatic N) is 1. The molecule has 1 fully saturated rings. The molecule has 2 nitrogen and oxygen atoms in total. The van der Waals surface area contributed by atoms with Crippen molar-refractivity contribution >= 4 is 21.8 Å². The van der Waals surface area contributed by atoms with Gasteiger partial charge in [0, 0.05) is 23.3 Å². The molecule has 0 spiro atoms. The summed E-state index contributed by atoms with van der Waals surface area (Å²) in [5, 5.41) is 0.868. The maximum absolute atomic E-state index is 12.4. The zero-order valence-corrected chi connectivity index (χ0v) is 11.6. The second kappa shape index (κ2) is 5.33. The molecule has 0 N–H and O–H groups in total. The van der Waals surface area contributed by atoms with Crippen LogP contribution >= 0.6 is 15.9 Å². The van der Waals surface area contributed by atoms with Crippen LogP contribution in [0.1, 0.15) is 46.5 Å². The first-order valence-corrected chi connectivity index (χ1v) is 7.00. The van der Waals surface area contributed by atoms with Crippen LogP contribution in [0.2, 0.25) is 0 Å². The van der Waals surface area contributed by atoms with Crippen LogP contribution in [0.3, 0.4) is 0 Å². The van der Waals surface area contributed by atoms with E-state index in [2.05, 4.69) is 36.7 Å². The van der Waals surface area contributed by atoms with Gasteiger partial charge in [0.15, 0.2) is 0 Å². The van der Waals surface area contributed by atoms with E-state index in [1.807, 2.05) is 4.90 Å². The summed E-state index contributed by atoms with van der Waals surface area (Å²) in [6.07, 6.45) is 4.56. The molecule has 0 aromatic rings. The topological polar surface area (TPSA) is 20.3 Å². The third-order valence-electron chi connectivity index (χ3n) is 3.43. The highest BCUT2D eigenvalue weighted by molar-refractivity contribution is 9.09. The van der Waals surface area contributed by atoms with Crippen LogP contribution in [-0.4, -0.2) is 28.7 Å². The number of hydrogen-bond donors (Lipinski definition) is 0. The number of alkyl halides is 1. The molecule has 0 aliphatic heterocycles. The second-order valence-corrected chi connectivity index (χ2v) is 5.84. The van der Waals surface area contributed by atoms with Gasteiger partial charge < -0.3 is 4.90 Å². The maximum Gasteiger partial charge on any atom is 0.228 e. The summed E-state index contributed by atoms with van der Waals surface area (Å²) in [5.41, 5.74) is -0.0769. The van der Waals surface area contributed by atoms with Crippen molar-refractivity contribution in [2.24, 2.45) is 5.41 Å². The first-order valence-electron chi connectivity index (χ1n) is 5.88. The Hall–Kier alpha value is -0.0500. The van der Waals surface area contributed by atoms with Gasteiger partial charge >= 0.3 is 0 Å². The molecule has 1 aliphatic carbocycles. The lowest BCUT2D eigenvalue weighted by Crippen LogP contribution is -2.45. The number of rotatable bonds is 4. The summed E-state index contributed by atoms with van der Waals surface area (Å²) in [6, 6.07) is 0.312.